The predicted octanol–water partition coefficient (Wildman–Crippen LogP) is 4.39. The number of halogens is 1. The van der Waals surface area contributed by atoms with Gasteiger partial charge >= 0.3 is 0 Å². The lowest BCUT2D eigenvalue weighted by molar-refractivity contribution is -0.120. The first-order valence-corrected chi connectivity index (χ1v) is 15.8. The Kier molecular flexibility index (Phi) is 12.7. The van der Waals surface area contributed by atoms with Gasteiger partial charge in [0.05, 0.1) is 17.1 Å². The Labute approximate surface area is 260 Å². The van der Waals surface area contributed by atoms with E-state index < -0.39 is 15.9 Å². The summed E-state index contributed by atoms with van der Waals surface area (Å²) < 4.78 is 35.1. The molecule has 0 saturated carbocycles. The molecule has 0 radical (unpaired) electrons. The summed E-state index contributed by atoms with van der Waals surface area (Å²) in [5.41, 5.74) is 1.54. The van der Waals surface area contributed by atoms with Gasteiger partial charge in [0.2, 0.25) is 5.91 Å². The molecule has 0 spiro atoms. The Morgan fingerprint density at radius 2 is 1.63 bits per heavy atom. The van der Waals surface area contributed by atoms with Gasteiger partial charge in [0, 0.05) is 37.0 Å². The molecule has 12 heteroatoms. The van der Waals surface area contributed by atoms with E-state index in [-0.39, 0.29) is 41.0 Å². The molecule has 4 rings (SSSR count). The van der Waals surface area contributed by atoms with Gasteiger partial charge in [-0.05, 0) is 94.2 Å². The van der Waals surface area contributed by atoms with E-state index >= 15 is 0 Å². The summed E-state index contributed by atoms with van der Waals surface area (Å²) >= 11 is 0. The number of benzene rings is 3. The summed E-state index contributed by atoms with van der Waals surface area (Å²) in [4.78, 5) is 26.9. The third kappa shape index (κ3) is 9.60. The van der Waals surface area contributed by atoms with Crippen molar-refractivity contribution in [3.05, 3.63) is 78.4 Å². The highest BCUT2D eigenvalue weighted by molar-refractivity contribution is 7.92. The highest BCUT2D eigenvalue weighted by Crippen LogP contribution is 2.32. The number of amides is 2. The maximum absolute atomic E-state index is 13.2. The summed E-state index contributed by atoms with van der Waals surface area (Å²) in [6.45, 7) is 8.20. The molecule has 1 saturated heterocycles. The van der Waals surface area contributed by atoms with Crippen molar-refractivity contribution in [1.29, 1.82) is 0 Å². The Bertz CT molecular complexity index is 1460. The van der Waals surface area contributed by atoms with E-state index in [9.17, 15) is 18.0 Å². The fourth-order valence-corrected chi connectivity index (χ4v) is 5.83. The van der Waals surface area contributed by atoms with Crippen LogP contribution in [0.25, 0.3) is 0 Å². The van der Waals surface area contributed by atoms with Crippen molar-refractivity contribution in [3.8, 4) is 11.5 Å². The van der Waals surface area contributed by atoms with Crippen LogP contribution in [0.3, 0.4) is 0 Å². The Balaban J connectivity index is 0.00000506. The van der Waals surface area contributed by atoms with Crippen LogP contribution < -0.4 is 30.3 Å². The fraction of sp³-hybridized carbons (Fsp3) is 0.355. The summed E-state index contributed by atoms with van der Waals surface area (Å²) in [6.07, 6.45) is 2.03. The molecular formula is C31H40ClN5O5S. The van der Waals surface area contributed by atoms with Crippen LogP contribution in [0.4, 0.5) is 11.4 Å². The van der Waals surface area contributed by atoms with Gasteiger partial charge in [0.25, 0.3) is 15.9 Å². The normalized spacial score (nSPS) is 13.3. The van der Waals surface area contributed by atoms with Gasteiger partial charge < -0.3 is 25.6 Å². The van der Waals surface area contributed by atoms with E-state index in [2.05, 4.69) is 39.4 Å². The molecule has 0 aromatic heterocycles. The third-order valence-corrected chi connectivity index (χ3v) is 8.57. The standard InChI is InChI=1S/C31H39N5O5S.ClH/c1-3-36(4-2)25-8-7-9-26(20-25)41-29-11-6-5-10-28(29)35-42(39,40)27-14-12-24(13-15-27)31(38)34-22-30(37)33-21-23-16-18-32-19-17-23;/h5-15,20,23,32,35H,3-4,16-19,21-22H2,1-2H3,(H,33,37)(H,34,38);1H. The number of para-hydroxylation sites is 2. The van der Waals surface area contributed by atoms with Gasteiger partial charge in [-0.25, -0.2) is 8.42 Å². The van der Waals surface area contributed by atoms with Crippen LogP contribution in [-0.2, 0) is 14.8 Å². The average Bonchev–Trinajstić information content (AvgIpc) is 3.01. The van der Waals surface area contributed by atoms with Crippen molar-refractivity contribution in [2.45, 2.75) is 31.6 Å². The number of rotatable bonds is 13. The Morgan fingerprint density at radius 3 is 2.33 bits per heavy atom. The highest BCUT2D eigenvalue weighted by atomic mass is 35.5. The number of anilines is 2. The van der Waals surface area contributed by atoms with Gasteiger partial charge in [0.1, 0.15) is 5.75 Å². The highest BCUT2D eigenvalue weighted by Gasteiger charge is 2.19. The van der Waals surface area contributed by atoms with Crippen molar-refractivity contribution in [1.82, 2.24) is 16.0 Å². The Hall–Kier alpha value is -3.80. The van der Waals surface area contributed by atoms with Gasteiger partial charge in [-0.15, -0.1) is 12.4 Å². The fourth-order valence-electron chi connectivity index (χ4n) is 4.76. The largest absolute Gasteiger partial charge is 0.455 e. The smallest absolute Gasteiger partial charge is 0.262 e. The zero-order valence-electron chi connectivity index (χ0n) is 24.5. The molecule has 43 heavy (non-hydrogen) atoms. The zero-order valence-corrected chi connectivity index (χ0v) is 26.1. The summed E-state index contributed by atoms with van der Waals surface area (Å²) in [7, 11) is -3.98. The molecule has 4 N–H and O–H groups in total. The molecule has 3 aromatic rings. The van der Waals surface area contributed by atoms with Crippen LogP contribution in [-0.4, -0.2) is 59.5 Å². The van der Waals surface area contributed by atoms with Gasteiger partial charge in [-0.3, -0.25) is 14.3 Å². The minimum Gasteiger partial charge on any atom is -0.455 e. The van der Waals surface area contributed by atoms with E-state index in [1.54, 1.807) is 24.3 Å². The first kappa shape index (κ1) is 33.7. The van der Waals surface area contributed by atoms with E-state index in [4.69, 9.17) is 4.74 Å². The third-order valence-electron chi connectivity index (χ3n) is 7.19. The van der Waals surface area contributed by atoms with E-state index in [1.165, 1.54) is 24.3 Å². The molecule has 0 unspecified atom stereocenters. The van der Waals surface area contributed by atoms with Crippen molar-refractivity contribution in [3.63, 3.8) is 0 Å². The Morgan fingerprint density at radius 1 is 0.930 bits per heavy atom. The molecular weight excluding hydrogens is 590 g/mol. The maximum atomic E-state index is 13.2. The number of piperidine rings is 1. The summed E-state index contributed by atoms with van der Waals surface area (Å²) in [5.74, 6) is 0.658. The van der Waals surface area contributed by atoms with Crippen molar-refractivity contribution < 1.29 is 22.7 Å². The number of sulfonamides is 1. The topological polar surface area (TPSA) is 129 Å². The van der Waals surface area contributed by atoms with E-state index in [0.29, 0.717) is 24.0 Å². The molecule has 1 fully saturated rings. The number of carbonyl (C=O) groups is 2. The molecule has 232 valence electrons. The second-order valence-electron chi connectivity index (χ2n) is 10.1. The molecule has 10 nitrogen and oxygen atoms in total. The molecule has 1 aliphatic rings. The molecule has 1 heterocycles. The first-order chi connectivity index (χ1) is 20.3. The van der Waals surface area contributed by atoms with Crippen LogP contribution in [0.2, 0.25) is 0 Å². The molecule has 3 aromatic carbocycles. The lowest BCUT2D eigenvalue weighted by atomic mass is 9.98. The van der Waals surface area contributed by atoms with E-state index in [0.717, 1.165) is 44.7 Å². The zero-order chi connectivity index (χ0) is 30.0. The molecule has 0 atom stereocenters. The SMILES string of the molecule is CCN(CC)c1cccc(Oc2ccccc2NS(=O)(=O)c2ccc(C(=O)NCC(=O)NCC3CCNCC3)cc2)c1.Cl. The van der Waals surface area contributed by atoms with Gasteiger partial charge in [-0.1, -0.05) is 18.2 Å². The first-order valence-electron chi connectivity index (χ1n) is 14.3. The quantitative estimate of drug-likeness (QED) is 0.221. The number of carbonyl (C=O) groups excluding carboxylic acids is 2. The van der Waals surface area contributed by atoms with Gasteiger partial charge in [-0.2, -0.15) is 0 Å². The van der Waals surface area contributed by atoms with Gasteiger partial charge in [0.15, 0.2) is 5.75 Å². The molecule has 0 bridgehead atoms. The summed E-state index contributed by atoms with van der Waals surface area (Å²) in [6, 6.07) is 20.0. The van der Waals surface area contributed by atoms with Crippen LogP contribution in [0.1, 0.15) is 37.0 Å². The van der Waals surface area contributed by atoms with E-state index in [1.807, 2.05) is 24.3 Å². The molecule has 0 aliphatic carbocycles. The maximum Gasteiger partial charge on any atom is 0.262 e. The van der Waals surface area contributed by atoms with Crippen molar-refractivity contribution in [2.24, 2.45) is 5.92 Å². The van der Waals surface area contributed by atoms with Crippen molar-refractivity contribution >= 4 is 45.6 Å². The predicted molar refractivity (Wildman–Crippen MR) is 172 cm³/mol. The average molecular weight is 630 g/mol. The lowest BCUT2D eigenvalue weighted by Crippen LogP contribution is -2.40. The number of nitrogens with one attached hydrogen (secondary N) is 4. The second-order valence-corrected chi connectivity index (χ2v) is 11.8. The number of nitrogens with zero attached hydrogens (tertiary/aromatic N) is 1. The van der Waals surface area contributed by atoms with Crippen molar-refractivity contribution in [2.75, 3.05) is 48.9 Å². The minimum atomic E-state index is -3.98. The summed E-state index contributed by atoms with van der Waals surface area (Å²) in [5, 5.41) is 8.73. The lowest BCUT2D eigenvalue weighted by Gasteiger charge is -2.22. The van der Waals surface area contributed by atoms with Crippen LogP contribution in [0, 0.1) is 5.92 Å². The van der Waals surface area contributed by atoms with Crippen LogP contribution in [0.5, 0.6) is 11.5 Å². The van der Waals surface area contributed by atoms with Crippen LogP contribution >= 0.6 is 12.4 Å². The number of hydrogen-bond donors (Lipinski definition) is 4. The molecule has 1 aliphatic heterocycles. The minimum absolute atomic E-state index is 0. The number of ether oxygens (including phenoxy) is 1. The molecule has 2 amide bonds. The monoisotopic (exact) mass is 629 g/mol. The second kappa shape index (κ2) is 16.2. The number of hydrogen-bond acceptors (Lipinski definition) is 7. The van der Waals surface area contributed by atoms with Crippen LogP contribution in [0.15, 0.2) is 77.7 Å².